The van der Waals surface area contributed by atoms with Crippen molar-refractivity contribution in [1.82, 2.24) is 19.3 Å². The number of hydrogen-bond donors (Lipinski definition) is 2. The molecular formula is C16H16N4O4S. The van der Waals surface area contributed by atoms with Gasteiger partial charge in [-0.15, -0.1) is 0 Å². The molecule has 2 N–H and O–H groups in total. The van der Waals surface area contributed by atoms with Crippen LogP contribution in [0.2, 0.25) is 0 Å². The van der Waals surface area contributed by atoms with E-state index in [1.54, 1.807) is 12.3 Å². The molecule has 0 aliphatic heterocycles. The molecule has 3 aromatic rings. The van der Waals surface area contributed by atoms with Crippen LogP contribution >= 0.6 is 0 Å². The van der Waals surface area contributed by atoms with Gasteiger partial charge in [0.05, 0.1) is 15.8 Å². The molecular weight excluding hydrogens is 344 g/mol. The van der Waals surface area contributed by atoms with Crippen LogP contribution in [-0.2, 0) is 16.4 Å². The lowest BCUT2D eigenvalue weighted by molar-refractivity contribution is 0.471. The van der Waals surface area contributed by atoms with Gasteiger partial charge in [-0.2, -0.15) is 0 Å². The smallest absolute Gasteiger partial charge is 0.307 e. The fourth-order valence-corrected chi connectivity index (χ4v) is 3.62. The predicted molar refractivity (Wildman–Crippen MR) is 92.9 cm³/mol. The molecule has 0 amide bonds. The van der Waals surface area contributed by atoms with Crippen molar-refractivity contribution in [3.8, 4) is 0 Å². The maximum atomic E-state index is 12.7. The van der Waals surface area contributed by atoms with E-state index in [0.29, 0.717) is 6.42 Å². The van der Waals surface area contributed by atoms with Gasteiger partial charge in [0.2, 0.25) is 10.0 Å². The minimum atomic E-state index is -3.77. The van der Waals surface area contributed by atoms with Crippen LogP contribution in [0.5, 0.6) is 0 Å². The van der Waals surface area contributed by atoms with E-state index in [2.05, 4.69) is 15.0 Å². The molecule has 25 heavy (non-hydrogen) atoms. The predicted octanol–water partition coefficient (Wildman–Crippen LogP) is 0.475. The summed E-state index contributed by atoms with van der Waals surface area (Å²) in [6.07, 6.45) is 2.12. The molecule has 130 valence electrons. The van der Waals surface area contributed by atoms with E-state index in [1.165, 1.54) is 29.6 Å². The number of aromatic amines is 2. The van der Waals surface area contributed by atoms with Crippen molar-refractivity contribution in [2.24, 2.45) is 0 Å². The molecule has 0 unspecified atom stereocenters. The molecule has 0 fully saturated rings. The maximum absolute atomic E-state index is 12.7. The van der Waals surface area contributed by atoms with Gasteiger partial charge in [-0.25, -0.2) is 17.5 Å². The van der Waals surface area contributed by atoms with Gasteiger partial charge < -0.3 is 4.98 Å². The number of H-pyrrole nitrogens is 2. The highest BCUT2D eigenvalue weighted by Crippen LogP contribution is 2.18. The lowest BCUT2D eigenvalue weighted by Crippen LogP contribution is -2.29. The summed E-state index contributed by atoms with van der Waals surface area (Å²) < 4.78 is 26.6. The van der Waals surface area contributed by atoms with E-state index in [9.17, 15) is 18.0 Å². The first-order valence-corrected chi connectivity index (χ1v) is 8.94. The highest BCUT2D eigenvalue weighted by molar-refractivity contribution is 7.89. The number of benzene rings is 1. The Bertz CT molecular complexity index is 1120. The van der Waals surface area contributed by atoms with Crippen LogP contribution < -0.4 is 11.2 Å². The van der Waals surface area contributed by atoms with Gasteiger partial charge in [0.25, 0.3) is 5.56 Å². The summed E-state index contributed by atoms with van der Waals surface area (Å²) in [4.78, 5) is 31.8. The highest BCUT2D eigenvalue weighted by atomic mass is 32.2. The number of sulfonamides is 1. The van der Waals surface area contributed by atoms with Gasteiger partial charge in [-0.1, -0.05) is 6.07 Å². The van der Waals surface area contributed by atoms with E-state index in [4.69, 9.17) is 0 Å². The van der Waals surface area contributed by atoms with Crippen molar-refractivity contribution in [1.29, 1.82) is 0 Å². The van der Waals surface area contributed by atoms with E-state index >= 15 is 0 Å². The normalized spacial score (nSPS) is 11.9. The first kappa shape index (κ1) is 17.1. The zero-order valence-corrected chi connectivity index (χ0v) is 14.2. The standard InChI is InChI=1S/C16H16N4O4S/c1-20(9-7-11-4-2-3-8-17-11)25(23,24)12-5-6-14-13(10-12)15(21)19-16(22)18-14/h2-6,8,10H,7,9H2,1H3,(H2,18,19,21,22). The molecule has 0 saturated carbocycles. The second kappa shape index (κ2) is 6.61. The topological polar surface area (TPSA) is 116 Å². The van der Waals surface area contributed by atoms with Gasteiger partial charge in [-0.05, 0) is 30.3 Å². The minimum Gasteiger partial charge on any atom is -0.307 e. The minimum absolute atomic E-state index is 0.0129. The zero-order chi connectivity index (χ0) is 18.0. The maximum Gasteiger partial charge on any atom is 0.326 e. The van der Waals surface area contributed by atoms with Crippen molar-refractivity contribution in [3.05, 3.63) is 69.1 Å². The molecule has 2 aromatic heterocycles. The number of rotatable bonds is 5. The second-order valence-corrected chi connectivity index (χ2v) is 7.56. The number of nitrogens with one attached hydrogen (secondary N) is 2. The van der Waals surface area contributed by atoms with Crippen LogP contribution in [0.4, 0.5) is 0 Å². The Kier molecular flexibility index (Phi) is 4.51. The Hall–Kier alpha value is -2.78. The molecule has 0 atom stereocenters. The van der Waals surface area contributed by atoms with Gasteiger partial charge in [0, 0.05) is 31.9 Å². The molecule has 0 aliphatic carbocycles. The third kappa shape index (κ3) is 3.52. The van der Waals surface area contributed by atoms with Gasteiger partial charge in [0.1, 0.15) is 0 Å². The second-order valence-electron chi connectivity index (χ2n) is 5.51. The van der Waals surface area contributed by atoms with E-state index in [-0.39, 0.29) is 22.3 Å². The fourth-order valence-electron chi connectivity index (χ4n) is 2.42. The van der Waals surface area contributed by atoms with Crippen LogP contribution in [0, 0.1) is 0 Å². The fraction of sp³-hybridized carbons (Fsp3) is 0.188. The Morgan fingerprint density at radius 2 is 1.92 bits per heavy atom. The van der Waals surface area contributed by atoms with Gasteiger partial charge in [0.15, 0.2) is 0 Å². The summed E-state index contributed by atoms with van der Waals surface area (Å²) >= 11 is 0. The molecule has 3 rings (SSSR count). The van der Waals surface area contributed by atoms with Crippen molar-refractivity contribution in [2.75, 3.05) is 13.6 Å². The Labute approximate surface area is 143 Å². The molecule has 0 spiro atoms. The van der Waals surface area contributed by atoms with Crippen LogP contribution in [0.3, 0.4) is 0 Å². The van der Waals surface area contributed by atoms with Crippen molar-refractivity contribution in [2.45, 2.75) is 11.3 Å². The first-order chi connectivity index (χ1) is 11.9. The van der Waals surface area contributed by atoms with Crippen molar-refractivity contribution < 1.29 is 8.42 Å². The largest absolute Gasteiger partial charge is 0.326 e. The number of nitrogens with zero attached hydrogens (tertiary/aromatic N) is 2. The quantitative estimate of drug-likeness (QED) is 0.686. The lowest BCUT2D eigenvalue weighted by atomic mass is 10.2. The molecule has 9 heteroatoms. The number of aromatic nitrogens is 3. The van der Waals surface area contributed by atoms with Crippen molar-refractivity contribution in [3.63, 3.8) is 0 Å². The van der Waals surface area contributed by atoms with Crippen LogP contribution in [0.1, 0.15) is 5.69 Å². The summed E-state index contributed by atoms with van der Waals surface area (Å²) in [6.45, 7) is 0.249. The molecule has 2 heterocycles. The van der Waals surface area contributed by atoms with Crippen molar-refractivity contribution >= 4 is 20.9 Å². The Balaban J connectivity index is 1.90. The molecule has 1 aromatic carbocycles. The molecule has 0 saturated heterocycles. The summed E-state index contributed by atoms with van der Waals surface area (Å²) in [5.74, 6) is 0. The van der Waals surface area contributed by atoms with Gasteiger partial charge >= 0.3 is 5.69 Å². The average Bonchev–Trinajstić information content (AvgIpc) is 2.60. The number of pyridine rings is 1. The summed E-state index contributed by atoms with van der Waals surface area (Å²) in [5, 5.41) is 0.110. The van der Waals surface area contributed by atoms with Crippen LogP contribution in [-0.4, -0.2) is 41.3 Å². The summed E-state index contributed by atoms with van der Waals surface area (Å²) in [5.41, 5.74) is -0.201. The molecule has 0 radical (unpaired) electrons. The lowest BCUT2D eigenvalue weighted by Gasteiger charge is -2.17. The molecule has 0 aliphatic rings. The number of fused-ring (bicyclic) bond motifs is 1. The highest BCUT2D eigenvalue weighted by Gasteiger charge is 2.21. The SMILES string of the molecule is CN(CCc1ccccn1)S(=O)(=O)c1ccc2[nH]c(=O)[nH]c(=O)c2c1. The Morgan fingerprint density at radius 3 is 2.64 bits per heavy atom. The van der Waals surface area contributed by atoms with E-state index < -0.39 is 21.3 Å². The number of hydrogen-bond acceptors (Lipinski definition) is 5. The van der Waals surface area contributed by atoms with Gasteiger partial charge in [-0.3, -0.25) is 14.8 Å². The average molecular weight is 360 g/mol. The molecule has 0 bridgehead atoms. The number of likely N-dealkylation sites (N-methyl/N-ethyl adjacent to an activating group) is 1. The first-order valence-electron chi connectivity index (χ1n) is 7.50. The van der Waals surface area contributed by atoms with Crippen LogP contribution in [0.25, 0.3) is 10.9 Å². The van der Waals surface area contributed by atoms with Crippen LogP contribution in [0.15, 0.2) is 57.1 Å². The monoisotopic (exact) mass is 360 g/mol. The third-order valence-corrected chi connectivity index (χ3v) is 5.68. The van der Waals surface area contributed by atoms with E-state index in [1.807, 2.05) is 12.1 Å². The zero-order valence-electron chi connectivity index (χ0n) is 13.4. The van der Waals surface area contributed by atoms with E-state index in [0.717, 1.165) is 5.69 Å². The molecule has 8 nitrogen and oxygen atoms in total. The summed E-state index contributed by atoms with van der Waals surface area (Å²) in [6, 6.07) is 9.49. The third-order valence-electron chi connectivity index (χ3n) is 3.83. The summed E-state index contributed by atoms with van der Waals surface area (Å²) in [7, 11) is -2.29. The Morgan fingerprint density at radius 1 is 1.12 bits per heavy atom.